The molecule has 0 bridgehead atoms. The Labute approximate surface area is 388 Å². The average Bonchev–Trinajstić information content (AvgIpc) is 3.94. The van der Waals surface area contributed by atoms with E-state index in [1.807, 2.05) is 24.3 Å². The van der Waals surface area contributed by atoms with E-state index in [1.165, 1.54) is 77.0 Å². The summed E-state index contributed by atoms with van der Waals surface area (Å²) in [5.41, 5.74) is 20.5. The van der Waals surface area contributed by atoms with Crippen LogP contribution in [0.25, 0.3) is 128 Å². The maximum absolute atomic E-state index is 5.11. The van der Waals surface area contributed by atoms with Gasteiger partial charge in [0.2, 0.25) is 0 Å². The summed E-state index contributed by atoms with van der Waals surface area (Å²) in [5, 5.41) is 5.12. The fourth-order valence-electron chi connectivity index (χ4n) is 10.1. The van der Waals surface area contributed by atoms with E-state index >= 15 is 0 Å². The van der Waals surface area contributed by atoms with Crippen molar-refractivity contribution in [3.05, 3.63) is 249 Å². The quantitative estimate of drug-likeness (QED) is 0.152. The van der Waals surface area contributed by atoms with E-state index in [0.29, 0.717) is 5.82 Å². The number of para-hydroxylation sites is 2. The zero-order chi connectivity index (χ0) is 44.3. The molecular weight excluding hydrogens is 811 g/mol. The minimum Gasteiger partial charge on any atom is -0.307 e. The number of nitrogens with zero attached hydrogens (tertiary/aromatic N) is 3. The van der Waals surface area contributed by atoms with Gasteiger partial charge in [0.25, 0.3) is 0 Å². The van der Waals surface area contributed by atoms with E-state index in [1.54, 1.807) is 0 Å². The summed E-state index contributed by atoms with van der Waals surface area (Å²) in [6, 6.07) is 89.4. The first-order valence-corrected chi connectivity index (χ1v) is 22.9. The first kappa shape index (κ1) is 38.5. The lowest BCUT2D eigenvalue weighted by atomic mass is 9.94. The molecule has 0 aliphatic heterocycles. The summed E-state index contributed by atoms with van der Waals surface area (Å²) in [4.78, 5) is 10.1. The highest BCUT2D eigenvalue weighted by Gasteiger charge is 2.21. The van der Waals surface area contributed by atoms with Gasteiger partial charge in [0.15, 0.2) is 5.82 Å². The molecule has 3 aromatic heterocycles. The van der Waals surface area contributed by atoms with Gasteiger partial charge in [-0.05, 0) is 86.5 Å². The van der Waals surface area contributed by atoms with Crippen LogP contribution in [0.5, 0.6) is 0 Å². The van der Waals surface area contributed by atoms with Crippen molar-refractivity contribution >= 4 is 38.1 Å². The lowest BCUT2D eigenvalue weighted by Crippen LogP contribution is -1.96. The minimum absolute atomic E-state index is 0.710. The average molecular weight is 852 g/mol. The molecule has 0 spiro atoms. The highest BCUT2D eigenvalue weighted by Crippen LogP contribution is 2.44. The molecule has 0 fully saturated rings. The summed E-state index contributed by atoms with van der Waals surface area (Å²) in [5.74, 6) is 0.710. The third-order valence-electron chi connectivity index (χ3n) is 13.3. The van der Waals surface area contributed by atoms with Crippen molar-refractivity contribution in [2.24, 2.45) is 0 Å². The predicted molar refractivity (Wildman–Crippen MR) is 280 cm³/mol. The minimum atomic E-state index is 0.710. The second-order valence-electron chi connectivity index (χ2n) is 17.4. The number of rotatable bonds is 8. The fourth-order valence-corrected chi connectivity index (χ4v) is 10.1. The van der Waals surface area contributed by atoms with Crippen molar-refractivity contribution in [1.82, 2.24) is 14.4 Å². The molecule has 3 heteroatoms. The van der Waals surface area contributed by atoms with Crippen molar-refractivity contribution < 1.29 is 0 Å². The summed E-state index contributed by atoms with van der Waals surface area (Å²) in [6.07, 6.45) is 0. The van der Waals surface area contributed by atoms with Crippen LogP contribution in [-0.4, -0.2) is 14.4 Å². The number of hydrogen-bond acceptors (Lipinski definition) is 2. The zero-order valence-electron chi connectivity index (χ0n) is 36.5. The van der Waals surface area contributed by atoms with E-state index in [2.05, 4.69) is 229 Å². The second kappa shape index (κ2) is 16.0. The van der Waals surface area contributed by atoms with Crippen LogP contribution < -0.4 is 0 Å². The molecule has 0 atom stereocenters. The predicted octanol–water partition coefficient (Wildman–Crippen LogP) is 17.0. The standard InChI is InChI=1S/C64H41N3/c1-4-16-42(17-5-1)51-34-35-55-56-31-15-33-58-57-32-14-30-54(62(57)67(63(56)58)61(55)40-51)52-28-12-26-49(38-52)47-24-10-22-45(36-47)46-23-11-25-48(37-46)50-27-13-29-53(39-50)60-41-59(43-18-6-2-7-19-43)65-64(66-60)44-20-8-3-9-21-44/h1-41H. The van der Waals surface area contributed by atoms with Crippen LogP contribution >= 0.6 is 0 Å². The Kier molecular flexibility index (Phi) is 9.17. The van der Waals surface area contributed by atoms with Gasteiger partial charge in [-0.3, -0.25) is 0 Å². The normalized spacial score (nSPS) is 11.6. The van der Waals surface area contributed by atoms with Crippen molar-refractivity contribution in [1.29, 1.82) is 0 Å². The highest BCUT2D eigenvalue weighted by atomic mass is 14.9. The van der Waals surface area contributed by atoms with Crippen molar-refractivity contribution in [3.63, 3.8) is 0 Å². The molecule has 3 nitrogen and oxygen atoms in total. The van der Waals surface area contributed by atoms with Crippen molar-refractivity contribution in [3.8, 4) is 89.5 Å². The van der Waals surface area contributed by atoms with Crippen LogP contribution in [-0.2, 0) is 0 Å². The van der Waals surface area contributed by atoms with Crippen LogP contribution in [0.1, 0.15) is 0 Å². The first-order chi connectivity index (χ1) is 33.2. The topological polar surface area (TPSA) is 30.2 Å². The lowest BCUT2D eigenvalue weighted by molar-refractivity contribution is 1.18. The van der Waals surface area contributed by atoms with E-state index in [9.17, 15) is 0 Å². The van der Waals surface area contributed by atoms with E-state index in [4.69, 9.17) is 9.97 Å². The van der Waals surface area contributed by atoms with Gasteiger partial charge < -0.3 is 4.40 Å². The molecule has 0 aliphatic carbocycles. The van der Waals surface area contributed by atoms with Crippen LogP contribution in [0.2, 0.25) is 0 Å². The summed E-state index contributed by atoms with van der Waals surface area (Å²) in [7, 11) is 0. The second-order valence-corrected chi connectivity index (χ2v) is 17.4. The SMILES string of the molecule is c1ccc(-c2ccc3c4cccc5c6cccc(-c7cccc(-c8cccc(-c9cccc(-c%10cccc(-c%11cc(-c%12ccccc%12)nc(-c%12ccccc%12)n%11)c%10)c9)c8)c7)c6n(c3c2)c45)cc1. The number of aromatic nitrogens is 3. The van der Waals surface area contributed by atoms with Crippen molar-refractivity contribution in [2.45, 2.75) is 0 Å². The largest absolute Gasteiger partial charge is 0.307 e. The Balaban J connectivity index is 0.862. The van der Waals surface area contributed by atoms with Gasteiger partial charge in [-0.2, -0.15) is 0 Å². The summed E-state index contributed by atoms with van der Waals surface area (Å²) < 4.78 is 2.52. The molecular formula is C64H41N3. The van der Waals surface area contributed by atoms with Crippen LogP contribution in [0.4, 0.5) is 0 Å². The molecule has 0 saturated heterocycles. The first-order valence-electron chi connectivity index (χ1n) is 22.9. The summed E-state index contributed by atoms with van der Waals surface area (Å²) in [6.45, 7) is 0. The van der Waals surface area contributed by atoms with Gasteiger partial charge in [-0.1, -0.05) is 212 Å². The molecule has 312 valence electrons. The van der Waals surface area contributed by atoms with Crippen molar-refractivity contribution in [2.75, 3.05) is 0 Å². The Bertz CT molecular complexity index is 3910. The molecule has 0 saturated carbocycles. The van der Waals surface area contributed by atoms with E-state index < -0.39 is 0 Å². The molecule has 0 N–H and O–H groups in total. The molecule has 13 rings (SSSR count). The zero-order valence-corrected chi connectivity index (χ0v) is 36.5. The lowest BCUT2D eigenvalue weighted by Gasteiger charge is -2.12. The molecule has 67 heavy (non-hydrogen) atoms. The third kappa shape index (κ3) is 6.76. The molecule has 13 aromatic rings. The molecule has 10 aromatic carbocycles. The Hall–Kier alpha value is -8.92. The number of benzene rings is 10. The maximum Gasteiger partial charge on any atom is 0.160 e. The number of hydrogen-bond donors (Lipinski definition) is 0. The van der Waals surface area contributed by atoms with Crippen LogP contribution in [0, 0.1) is 0 Å². The van der Waals surface area contributed by atoms with Gasteiger partial charge in [-0.15, -0.1) is 0 Å². The molecule has 0 amide bonds. The summed E-state index contributed by atoms with van der Waals surface area (Å²) >= 11 is 0. The fraction of sp³-hybridized carbons (Fsp3) is 0. The van der Waals surface area contributed by atoms with Gasteiger partial charge in [0.1, 0.15) is 0 Å². The van der Waals surface area contributed by atoms with Crippen LogP contribution in [0.15, 0.2) is 249 Å². The smallest absolute Gasteiger partial charge is 0.160 e. The van der Waals surface area contributed by atoms with Crippen LogP contribution in [0.3, 0.4) is 0 Å². The Morgan fingerprint density at radius 1 is 0.239 bits per heavy atom. The molecule has 3 heterocycles. The van der Waals surface area contributed by atoms with E-state index in [0.717, 1.165) is 44.8 Å². The Morgan fingerprint density at radius 2 is 0.642 bits per heavy atom. The van der Waals surface area contributed by atoms with Gasteiger partial charge in [-0.25, -0.2) is 9.97 Å². The van der Waals surface area contributed by atoms with Gasteiger partial charge in [0, 0.05) is 43.8 Å². The highest BCUT2D eigenvalue weighted by molar-refractivity contribution is 6.25. The number of fused-ring (bicyclic) bond motifs is 6. The molecule has 0 unspecified atom stereocenters. The Morgan fingerprint density at radius 3 is 1.24 bits per heavy atom. The monoisotopic (exact) mass is 851 g/mol. The van der Waals surface area contributed by atoms with Gasteiger partial charge >= 0.3 is 0 Å². The molecule has 0 radical (unpaired) electrons. The third-order valence-corrected chi connectivity index (χ3v) is 13.3. The molecule has 0 aliphatic rings. The van der Waals surface area contributed by atoms with E-state index in [-0.39, 0.29) is 0 Å². The maximum atomic E-state index is 5.11. The van der Waals surface area contributed by atoms with Gasteiger partial charge in [0.05, 0.1) is 27.9 Å².